The number of sulfone groups is 1. The van der Waals surface area contributed by atoms with Gasteiger partial charge in [-0.2, -0.15) is 0 Å². The Morgan fingerprint density at radius 3 is 2.31 bits per heavy atom. The Morgan fingerprint density at radius 2 is 1.69 bits per heavy atom. The largest absolute Gasteiger partial charge is 0.223 e. The van der Waals surface area contributed by atoms with E-state index in [9.17, 15) is 8.42 Å². The lowest BCUT2D eigenvalue weighted by molar-refractivity contribution is 0.502. The number of hydrogen-bond acceptors (Lipinski definition) is 2. The molecule has 1 fully saturated rings. The second-order valence-electron chi connectivity index (χ2n) is 4.20. The number of hydrogen-bond donors (Lipinski definition) is 0. The smallest absolute Gasteiger partial charge is 0.182 e. The van der Waals surface area contributed by atoms with Crippen LogP contribution in [0.15, 0.2) is 35.2 Å². The SMILES string of the molecule is O=S(=O)(c1ccccc1)[C@@H]1CCCC[C@@H]1I. The maximum atomic E-state index is 12.4. The summed E-state index contributed by atoms with van der Waals surface area (Å²) < 4.78 is 25.0. The minimum absolute atomic E-state index is 0.191. The summed E-state index contributed by atoms with van der Waals surface area (Å²) in [5, 5.41) is -0.191. The molecule has 0 amide bonds. The van der Waals surface area contributed by atoms with Crippen molar-refractivity contribution in [3.63, 3.8) is 0 Å². The van der Waals surface area contributed by atoms with Gasteiger partial charge in [0.25, 0.3) is 0 Å². The highest BCUT2D eigenvalue weighted by Crippen LogP contribution is 2.33. The molecule has 1 aromatic carbocycles. The molecule has 0 bridgehead atoms. The Hall–Kier alpha value is -0.100. The Labute approximate surface area is 111 Å². The van der Waals surface area contributed by atoms with Crippen molar-refractivity contribution in [2.24, 2.45) is 0 Å². The number of halogens is 1. The summed E-state index contributed by atoms with van der Waals surface area (Å²) in [5.41, 5.74) is 0. The summed E-state index contributed by atoms with van der Waals surface area (Å²) in [5.74, 6) is 0. The third-order valence-corrected chi connectivity index (χ3v) is 7.36. The normalized spacial score (nSPS) is 26.6. The maximum absolute atomic E-state index is 12.4. The van der Waals surface area contributed by atoms with E-state index in [4.69, 9.17) is 0 Å². The summed E-state index contributed by atoms with van der Waals surface area (Å²) >= 11 is 2.29. The van der Waals surface area contributed by atoms with Crippen molar-refractivity contribution in [1.29, 1.82) is 0 Å². The van der Waals surface area contributed by atoms with Crippen LogP contribution in [0.4, 0.5) is 0 Å². The molecule has 0 spiro atoms. The molecule has 0 radical (unpaired) electrons. The topological polar surface area (TPSA) is 34.1 Å². The van der Waals surface area contributed by atoms with Gasteiger partial charge in [0.2, 0.25) is 0 Å². The molecule has 2 rings (SSSR count). The second kappa shape index (κ2) is 5.04. The average molecular weight is 350 g/mol. The minimum atomic E-state index is -3.12. The van der Waals surface area contributed by atoms with Crippen molar-refractivity contribution >= 4 is 32.4 Å². The first-order valence-electron chi connectivity index (χ1n) is 5.55. The zero-order valence-corrected chi connectivity index (χ0v) is 11.9. The quantitative estimate of drug-likeness (QED) is 0.606. The van der Waals surface area contributed by atoms with E-state index < -0.39 is 9.84 Å². The summed E-state index contributed by atoms with van der Waals surface area (Å²) in [4.78, 5) is 0.476. The fourth-order valence-corrected chi connectivity index (χ4v) is 6.03. The minimum Gasteiger partial charge on any atom is -0.223 e. The van der Waals surface area contributed by atoms with Gasteiger partial charge in [-0.1, -0.05) is 53.6 Å². The first kappa shape index (κ1) is 12.4. The summed E-state index contributed by atoms with van der Waals surface area (Å²) in [6.45, 7) is 0. The highest BCUT2D eigenvalue weighted by molar-refractivity contribution is 14.1. The van der Waals surface area contributed by atoms with E-state index in [1.54, 1.807) is 24.3 Å². The highest BCUT2D eigenvalue weighted by atomic mass is 127. The van der Waals surface area contributed by atoms with Crippen LogP contribution in [0.3, 0.4) is 0 Å². The first-order chi connectivity index (χ1) is 7.62. The van der Waals surface area contributed by atoms with Crippen molar-refractivity contribution in [1.82, 2.24) is 0 Å². The van der Waals surface area contributed by atoms with Crippen LogP contribution in [-0.2, 0) is 9.84 Å². The first-order valence-corrected chi connectivity index (χ1v) is 8.34. The van der Waals surface area contributed by atoms with Crippen molar-refractivity contribution in [3.8, 4) is 0 Å². The van der Waals surface area contributed by atoms with Gasteiger partial charge in [-0.05, 0) is 25.0 Å². The molecule has 1 aliphatic rings. The Balaban J connectivity index is 2.32. The van der Waals surface area contributed by atoms with Gasteiger partial charge in [-0.3, -0.25) is 0 Å². The molecule has 0 heterocycles. The molecule has 4 heteroatoms. The molecular formula is C12H15IO2S. The lowest BCUT2D eigenvalue weighted by atomic mass is 10.0. The summed E-state index contributed by atoms with van der Waals surface area (Å²) in [7, 11) is -3.12. The van der Waals surface area contributed by atoms with Crippen LogP contribution >= 0.6 is 22.6 Å². The molecule has 0 unspecified atom stereocenters. The Kier molecular flexibility index (Phi) is 3.89. The van der Waals surface area contributed by atoms with Crippen molar-refractivity contribution in [2.75, 3.05) is 0 Å². The van der Waals surface area contributed by atoms with Gasteiger partial charge in [0, 0.05) is 3.92 Å². The van der Waals surface area contributed by atoms with E-state index in [0.717, 1.165) is 25.7 Å². The molecule has 1 saturated carbocycles. The van der Waals surface area contributed by atoms with E-state index in [-0.39, 0.29) is 9.17 Å². The molecule has 0 aromatic heterocycles. The van der Waals surface area contributed by atoms with Gasteiger partial charge in [-0.15, -0.1) is 0 Å². The van der Waals surface area contributed by atoms with Crippen molar-refractivity contribution < 1.29 is 8.42 Å². The van der Waals surface area contributed by atoms with Crippen LogP contribution in [0.25, 0.3) is 0 Å². The lowest BCUT2D eigenvalue weighted by Crippen LogP contribution is -2.33. The number of rotatable bonds is 2. The van der Waals surface area contributed by atoms with Crippen LogP contribution in [0.2, 0.25) is 0 Å². The van der Waals surface area contributed by atoms with E-state index in [2.05, 4.69) is 22.6 Å². The second-order valence-corrected chi connectivity index (χ2v) is 7.96. The van der Waals surface area contributed by atoms with E-state index in [1.807, 2.05) is 6.07 Å². The van der Waals surface area contributed by atoms with Gasteiger partial charge < -0.3 is 0 Å². The lowest BCUT2D eigenvalue weighted by Gasteiger charge is -2.27. The average Bonchev–Trinajstić information content (AvgIpc) is 2.30. The number of benzene rings is 1. The van der Waals surface area contributed by atoms with Crippen LogP contribution in [0.1, 0.15) is 25.7 Å². The van der Waals surface area contributed by atoms with Gasteiger partial charge in [-0.25, -0.2) is 8.42 Å². The Morgan fingerprint density at radius 1 is 1.06 bits per heavy atom. The maximum Gasteiger partial charge on any atom is 0.182 e. The monoisotopic (exact) mass is 350 g/mol. The van der Waals surface area contributed by atoms with Crippen LogP contribution in [0.5, 0.6) is 0 Å². The molecule has 0 aliphatic heterocycles. The highest BCUT2D eigenvalue weighted by Gasteiger charge is 2.34. The molecular weight excluding hydrogens is 335 g/mol. The third-order valence-electron chi connectivity index (χ3n) is 3.09. The van der Waals surface area contributed by atoms with Crippen LogP contribution in [-0.4, -0.2) is 17.6 Å². The van der Waals surface area contributed by atoms with Crippen molar-refractivity contribution in [2.45, 2.75) is 39.8 Å². The molecule has 0 saturated heterocycles. The zero-order chi connectivity index (χ0) is 11.6. The molecule has 88 valence electrons. The summed E-state index contributed by atoms with van der Waals surface area (Å²) in [6.07, 6.45) is 4.03. The van der Waals surface area contributed by atoms with Gasteiger partial charge >= 0.3 is 0 Å². The van der Waals surface area contributed by atoms with E-state index in [0.29, 0.717) is 4.90 Å². The Bertz CT molecular complexity index is 441. The molecule has 2 nitrogen and oxygen atoms in total. The molecule has 1 aliphatic carbocycles. The molecule has 1 aromatic rings. The fraction of sp³-hybridized carbons (Fsp3) is 0.500. The van der Waals surface area contributed by atoms with Crippen LogP contribution in [0, 0.1) is 0 Å². The van der Waals surface area contributed by atoms with Gasteiger partial charge in [0.15, 0.2) is 9.84 Å². The molecule has 2 atom stereocenters. The van der Waals surface area contributed by atoms with E-state index >= 15 is 0 Å². The summed E-state index contributed by atoms with van der Waals surface area (Å²) in [6, 6.07) is 8.83. The van der Waals surface area contributed by atoms with E-state index in [1.165, 1.54) is 0 Å². The zero-order valence-electron chi connectivity index (χ0n) is 8.97. The molecule has 16 heavy (non-hydrogen) atoms. The van der Waals surface area contributed by atoms with Gasteiger partial charge in [0.1, 0.15) is 0 Å². The standard InChI is InChI=1S/C12H15IO2S/c13-11-8-4-5-9-12(11)16(14,15)10-6-2-1-3-7-10/h1-3,6-7,11-12H,4-5,8-9H2/t11-,12+/m0/s1. The fourth-order valence-electron chi connectivity index (χ4n) is 2.19. The van der Waals surface area contributed by atoms with Gasteiger partial charge in [0.05, 0.1) is 10.1 Å². The predicted molar refractivity (Wildman–Crippen MR) is 73.7 cm³/mol. The third kappa shape index (κ3) is 2.42. The molecule has 0 N–H and O–H groups in total. The number of alkyl halides is 1. The predicted octanol–water partition coefficient (Wildman–Crippen LogP) is 3.21. The van der Waals surface area contributed by atoms with Crippen LogP contribution < -0.4 is 0 Å². The van der Waals surface area contributed by atoms with Crippen molar-refractivity contribution in [3.05, 3.63) is 30.3 Å².